The van der Waals surface area contributed by atoms with Crippen molar-refractivity contribution in [1.82, 2.24) is 0 Å². The third-order valence-electron chi connectivity index (χ3n) is 10.6. The summed E-state index contributed by atoms with van der Waals surface area (Å²) in [6.07, 6.45) is 0. The predicted molar refractivity (Wildman–Crippen MR) is 224 cm³/mol. The predicted octanol–water partition coefficient (Wildman–Crippen LogP) is 14.6. The van der Waals surface area contributed by atoms with Crippen molar-refractivity contribution in [3.05, 3.63) is 206 Å². The first-order valence-electron chi connectivity index (χ1n) is 18.0. The highest BCUT2D eigenvalue weighted by molar-refractivity contribution is 6.22. The van der Waals surface area contributed by atoms with E-state index in [-0.39, 0.29) is 0 Å². The summed E-state index contributed by atoms with van der Waals surface area (Å²) in [6, 6.07) is 75.6. The van der Waals surface area contributed by atoms with Crippen molar-refractivity contribution in [2.24, 2.45) is 0 Å². The molecule has 0 amide bonds. The van der Waals surface area contributed by atoms with Crippen LogP contribution in [-0.2, 0) is 0 Å². The first kappa shape index (κ1) is 30.1. The molecule has 0 unspecified atom stereocenters. The smallest absolute Gasteiger partial charge is 0.00204 e. The molecule has 0 bridgehead atoms. The molecular formula is C52H34. The first-order valence-corrected chi connectivity index (χ1v) is 18.0. The van der Waals surface area contributed by atoms with E-state index >= 15 is 0 Å². The molecule has 0 aliphatic carbocycles. The summed E-state index contributed by atoms with van der Waals surface area (Å²) in [6.45, 7) is 0. The van der Waals surface area contributed by atoms with Gasteiger partial charge in [-0.3, -0.25) is 0 Å². The average molecular weight is 659 g/mol. The van der Waals surface area contributed by atoms with Crippen LogP contribution in [0.25, 0.3) is 98.7 Å². The van der Waals surface area contributed by atoms with E-state index in [1.165, 1.54) is 98.7 Å². The van der Waals surface area contributed by atoms with Crippen LogP contribution in [0.2, 0.25) is 0 Å². The molecule has 0 aliphatic heterocycles. The minimum absolute atomic E-state index is 1.21. The summed E-state index contributed by atoms with van der Waals surface area (Å²) < 4.78 is 0. The zero-order valence-corrected chi connectivity index (χ0v) is 28.6. The van der Waals surface area contributed by atoms with E-state index in [9.17, 15) is 0 Å². The Kier molecular flexibility index (Phi) is 7.25. The van der Waals surface area contributed by atoms with Crippen LogP contribution in [0.15, 0.2) is 206 Å². The molecule has 10 rings (SSSR count). The first-order chi connectivity index (χ1) is 25.8. The van der Waals surface area contributed by atoms with Crippen LogP contribution >= 0.6 is 0 Å². The van der Waals surface area contributed by atoms with Crippen LogP contribution in [0, 0.1) is 0 Å². The maximum atomic E-state index is 2.45. The summed E-state index contributed by atoms with van der Waals surface area (Å²) in [5.74, 6) is 0. The van der Waals surface area contributed by atoms with Gasteiger partial charge in [-0.25, -0.2) is 0 Å². The Balaban J connectivity index is 1.29. The van der Waals surface area contributed by atoms with Crippen molar-refractivity contribution in [3.8, 4) is 55.6 Å². The van der Waals surface area contributed by atoms with Crippen LogP contribution < -0.4 is 0 Å². The molecule has 0 nitrogen and oxygen atoms in total. The van der Waals surface area contributed by atoms with Crippen LogP contribution in [0.3, 0.4) is 0 Å². The minimum Gasteiger partial charge on any atom is -0.0622 e. The zero-order valence-electron chi connectivity index (χ0n) is 28.6. The van der Waals surface area contributed by atoms with E-state index in [1.54, 1.807) is 0 Å². The standard InChI is InChI=1S/C52H34/c1-3-16-36(17-4-1)43-32-31-37-28-30-41(34-49(37)52(43)44-22-10-9-21-42(44)40-29-27-35-15-7-8-20-39(35)33-40)51-47-25-13-11-23-45(47)50(38-18-5-2-6-19-38)46-24-12-14-26-48(46)51/h1-34H. The van der Waals surface area contributed by atoms with Gasteiger partial charge in [0.15, 0.2) is 0 Å². The Labute approximate surface area is 303 Å². The minimum atomic E-state index is 1.21. The van der Waals surface area contributed by atoms with Gasteiger partial charge in [-0.15, -0.1) is 0 Å². The Morgan fingerprint density at radius 3 is 1.35 bits per heavy atom. The maximum Gasteiger partial charge on any atom is -0.00204 e. The third kappa shape index (κ3) is 5.00. The summed E-state index contributed by atoms with van der Waals surface area (Å²) in [5, 5.41) is 10.0. The number of hydrogen-bond acceptors (Lipinski definition) is 0. The molecule has 0 fully saturated rings. The summed E-state index contributed by atoms with van der Waals surface area (Å²) in [5.41, 5.74) is 12.4. The van der Waals surface area contributed by atoms with Crippen LogP contribution in [-0.4, -0.2) is 0 Å². The Hall–Kier alpha value is -6.76. The van der Waals surface area contributed by atoms with Crippen LogP contribution in [0.1, 0.15) is 0 Å². The van der Waals surface area contributed by atoms with Crippen molar-refractivity contribution in [1.29, 1.82) is 0 Å². The molecule has 0 heteroatoms. The molecule has 0 N–H and O–H groups in total. The molecule has 0 aromatic heterocycles. The van der Waals surface area contributed by atoms with E-state index in [0.717, 1.165) is 0 Å². The van der Waals surface area contributed by atoms with Gasteiger partial charge >= 0.3 is 0 Å². The van der Waals surface area contributed by atoms with Gasteiger partial charge in [-0.05, 0) is 111 Å². The van der Waals surface area contributed by atoms with Crippen molar-refractivity contribution in [3.63, 3.8) is 0 Å². The molecule has 0 saturated carbocycles. The van der Waals surface area contributed by atoms with Crippen LogP contribution in [0.4, 0.5) is 0 Å². The van der Waals surface area contributed by atoms with Crippen molar-refractivity contribution < 1.29 is 0 Å². The Morgan fingerprint density at radius 2 is 0.673 bits per heavy atom. The molecule has 0 radical (unpaired) electrons. The quantitative estimate of drug-likeness (QED) is 0.161. The highest BCUT2D eigenvalue weighted by atomic mass is 14.2. The second-order valence-electron chi connectivity index (χ2n) is 13.6. The van der Waals surface area contributed by atoms with Crippen molar-refractivity contribution >= 4 is 43.1 Å². The van der Waals surface area contributed by atoms with Gasteiger partial charge in [0.05, 0.1) is 0 Å². The lowest BCUT2D eigenvalue weighted by Gasteiger charge is -2.20. The molecule has 52 heavy (non-hydrogen) atoms. The normalized spacial score (nSPS) is 11.5. The topological polar surface area (TPSA) is 0 Å². The largest absolute Gasteiger partial charge is 0.0622 e. The van der Waals surface area contributed by atoms with Crippen molar-refractivity contribution in [2.45, 2.75) is 0 Å². The number of benzene rings is 10. The third-order valence-corrected chi connectivity index (χ3v) is 10.6. The fourth-order valence-electron chi connectivity index (χ4n) is 8.29. The molecular weight excluding hydrogens is 625 g/mol. The molecule has 10 aromatic carbocycles. The lowest BCUT2D eigenvalue weighted by molar-refractivity contribution is 1.59. The van der Waals surface area contributed by atoms with E-state index in [1.807, 2.05) is 0 Å². The van der Waals surface area contributed by atoms with Gasteiger partial charge in [0, 0.05) is 0 Å². The average Bonchev–Trinajstić information content (AvgIpc) is 3.22. The Bertz CT molecular complexity index is 2880. The van der Waals surface area contributed by atoms with Gasteiger partial charge in [-0.2, -0.15) is 0 Å². The van der Waals surface area contributed by atoms with E-state index in [4.69, 9.17) is 0 Å². The summed E-state index contributed by atoms with van der Waals surface area (Å²) in [4.78, 5) is 0. The second-order valence-corrected chi connectivity index (χ2v) is 13.6. The van der Waals surface area contributed by atoms with E-state index in [2.05, 4.69) is 206 Å². The zero-order chi connectivity index (χ0) is 34.4. The number of hydrogen-bond donors (Lipinski definition) is 0. The molecule has 0 atom stereocenters. The van der Waals surface area contributed by atoms with E-state index in [0.29, 0.717) is 0 Å². The lowest BCUT2D eigenvalue weighted by Crippen LogP contribution is -1.93. The molecule has 0 saturated heterocycles. The van der Waals surface area contributed by atoms with Gasteiger partial charge < -0.3 is 0 Å². The van der Waals surface area contributed by atoms with E-state index < -0.39 is 0 Å². The molecule has 10 aromatic rings. The molecule has 0 aliphatic rings. The second kappa shape index (κ2) is 12.5. The molecule has 0 spiro atoms. The van der Waals surface area contributed by atoms with Crippen LogP contribution in [0.5, 0.6) is 0 Å². The van der Waals surface area contributed by atoms with Crippen molar-refractivity contribution in [2.75, 3.05) is 0 Å². The monoisotopic (exact) mass is 658 g/mol. The maximum absolute atomic E-state index is 2.45. The summed E-state index contributed by atoms with van der Waals surface area (Å²) in [7, 11) is 0. The lowest BCUT2D eigenvalue weighted by atomic mass is 9.83. The number of fused-ring (bicyclic) bond motifs is 4. The van der Waals surface area contributed by atoms with Gasteiger partial charge in [0.2, 0.25) is 0 Å². The highest BCUT2D eigenvalue weighted by Crippen LogP contribution is 2.47. The number of rotatable bonds is 5. The SMILES string of the molecule is c1ccc(-c2ccc3ccc(-c4c5ccccc5c(-c5ccccc5)c5ccccc45)cc3c2-c2ccccc2-c2ccc3ccccc3c2)cc1. The van der Waals surface area contributed by atoms with Gasteiger partial charge in [-0.1, -0.05) is 194 Å². The van der Waals surface area contributed by atoms with Gasteiger partial charge in [0.25, 0.3) is 0 Å². The molecule has 242 valence electrons. The molecule has 0 heterocycles. The van der Waals surface area contributed by atoms with Gasteiger partial charge in [0.1, 0.15) is 0 Å². The fourth-order valence-corrected chi connectivity index (χ4v) is 8.29. The summed E-state index contributed by atoms with van der Waals surface area (Å²) >= 11 is 0. The Morgan fingerprint density at radius 1 is 0.192 bits per heavy atom. The fraction of sp³-hybridized carbons (Fsp3) is 0. The highest BCUT2D eigenvalue weighted by Gasteiger charge is 2.20.